The third-order valence-electron chi connectivity index (χ3n) is 3.74. The van der Waals surface area contributed by atoms with Gasteiger partial charge in [-0.15, -0.1) is 0 Å². The van der Waals surface area contributed by atoms with Crippen molar-refractivity contribution in [2.24, 2.45) is 17.8 Å². The molecule has 3 fully saturated rings. The Kier molecular flexibility index (Phi) is 0.563. The number of rotatable bonds is 0. The van der Waals surface area contributed by atoms with Crippen LogP contribution in [0.25, 0.3) is 0 Å². The Morgan fingerprint density at radius 1 is 1.22 bits per heavy atom. The van der Waals surface area contributed by atoms with Crippen molar-refractivity contribution in [2.45, 2.75) is 31.3 Å². The van der Waals surface area contributed by atoms with Gasteiger partial charge in [-0.1, -0.05) is 0 Å². The molecule has 0 radical (unpaired) electrons. The van der Waals surface area contributed by atoms with Crippen LogP contribution in [0.3, 0.4) is 0 Å². The normalized spacial score (nSPS) is 68.3. The third-order valence-corrected chi connectivity index (χ3v) is 3.74. The van der Waals surface area contributed by atoms with Crippen LogP contribution in [-0.2, 0) is 0 Å². The average molecular weight is 124 g/mol. The molecule has 0 aromatic rings. The zero-order valence-corrected chi connectivity index (χ0v) is 5.51. The van der Waals surface area contributed by atoms with Crippen LogP contribution in [0.5, 0.6) is 0 Å². The van der Waals surface area contributed by atoms with E-state index in [0.29, 0.717) is 0 Å². The molecular formula is C8H12O. The number of hydrogen-bond donors (Lipinski definition) is 1. The monoisotopic (exact) mass is 124 g/mol. The quantitative estimate of drug-likeness (QED) is 0.514. The minimum atomic E-state index is -0.145. The summed E-state index contributed by atoms with van der Waals surface area (Å²) in [4.78, 5) is 0. The van der Waals surface area contributed by atoms with E-state index in [1.54, 1.807) is 0 Å². The molecule has 9 heavy (non-hydrogen) atoms. The summed E-state index contributed by atoms with van der Waals surface area (Å²) in [6, 6.07) is 0. The Morgan fingerprint density at radius 2 is 2.11 bits per heavy atom. The summed E-state index contributed by atoms with van der Waals surface area (Å²) in [6.45, 7) is 0. The molecule has 1 nitrogen and oxygen atoms in total. The molecule has 2 bridgehead atoms. The van der Waals surface area contributed by atoms with E-state index in [9.17, 15) is 5.11 Å². The topological polar surface area (TPSA) is 20.2 Å². The van der Waals surface area contributed by atoms with Crippen LogP contribution in [0.1, 0.15) is 25.7 Å². The molecule has 4 atom stereocenters. The van der Waals surface area contributed by atoms with E-state index in [-0.39, 0.29) is 5.60 Å². The summed E-state index contributed by atoms with van der Waals surface area (Å²) in [5.41, 5.74) is -0.145. The molecule has 1 N–H and O–H groups in total. The van der Waals surface area contributed by atoms with Gasteiger partial charge >= 0.3 is 0 Å². The zero-order chi connectivity index (χ0) is 6.06. The molecule has 0 spiro atoms. The number of fused-ring (bicyclic) bond motifs is 1. The van der Waals surface area contributed by atoms with Crippen molar-refractivity contribution in [3.63, 3.8) is 0 Å². The summed E-state index contributed by atoms with van der Waals surface area (Å²) in [5.74, 6) is 2.59. The number of hydrogen-bond acceptors (Lipinski definition) is 1. The Morgan fingerprint density at radius 3 is 2.44 bits per heavy atom. The molecule has 50 valence electrons. The molecule has 3 rings (SSSR count). The summed E-state index contributed by atoms with van der Waals surface area (Å²) in [7, 11) is 0. The van der Waals surface area contributed by atoms with Gasteiger partial charge in [0.25, 0.3) is 0 Å². The van der Waals surface area contributed by atoms with Gasteiger partial charge in [-0.2, -0.15) is 0 Å². The fourth-order valence-electron chi connectivity index (χ4n) is 3.47. The van der Waals surface area contributed by atoms with Crippen LogP contribution in [0, 0.1) is 17.8 Å². The maximum Gasteiger partial charge on any atom is 0.0684 e. The maximum atomic E-state index is 9.75. The van der Waals surface area contributed by atoms with Crippen molar-refractivity contribution in [1.82, 2.24) is 0 Å². The molecule has 0 aromatic heterocycles. The smallest absolute Gasteiger partial charge is 0.0684 e. The van der Waals surface area contributed by atoms with Gasteiger partial charge in [0.05, 0.1) is 5.60 Å². The van der Waals surface area contributed by atoms with Crippen LogP contribution >= 0.6 is 0 Å². The molecule has 3 aliphatic rings. The highest BCUT2D eigenvalue weighted by molar-refractivity contribution is 5.14. The SMILES string of the molecule is OC12CC3CC(C1)C2C3. The molecule has 0 amide bonds. The van der Waals surface area contributed by atoms with E-state index in [2.05, 4.69) is 0 Å². The Hall–Kier alpha value is -0.0400. The van der Waals surface area contributed by atoms with E-state index in [1.165, 1.54) is 12.8 Å². The van der Waals surface area contributed by atoms with Crippen LogP contribution in [-0.4, -0.2) is 10.7 Å². The molecule has 0 aromatic carbocycles. The summed E-state index contributed by atoms with van der Waals surface area (Å²) < 4.78 is 0. The van der Waals surface area contributed by atoms with Crippen LogP contribution in [0.2, 0.25) is 0 Å². The molecule has 1 heteroatoms. The van der Waals surface area contributed by atoms with Crippen LogP contribution in [0.4, 0.5) is 0 Å². The second-order valence-electron chi connectivity index (χ2n) is 4.22. The second-order valence-corrected chi connectivity index (χ2v) is 4.22. The predicted octanol–water partition coefficient (Wildman–Crippen LogP) is 1.17. The largest absolute Gasteiger partial charge is 0.390 e. The van der Waals surface area contributed by atoms with Gasteiger partial charge in [-0.05, 0) is 43.4 Å². The van der Waals surface area contributed by atoms with E-state index in [0.717, 1.165) is 30.6 Å². The van der Waals surface area contributed by atoms with Gasteiger partial charge in [0, 0.05) is 0 Å². The zero-order valence-electron chi connectivity index (χ0n) is 5.51. The summed E-state index contributed by atoms with van der Waals surface area (Å²) in [5, 5.41) is 9.75. The highest BCUT2D eigenvalue weighted by atomic mass is 16.3. The first-order valence-corrected chi connectivity index (χ1v) is 4.00. The third kappa shape index (κ3) is 0.362. The Labute approximate surface area is 55.1 Å². The highest BCUT2D eigenvalue weighted by Crippen LogP contribution is 2.65. The lowest BCUT2D eigenvalue weighted by Gasteiger charge is -2.49. The second kappa shape index (κ2) is 1.07. The van der Waals surface area contributed by atoms with Crippen molar-refractivity contribution < 1.29 is 5.11 Å². The van der Waals surface area contributed by atoms with Crippen molar-refractivity contribution in [2.75, 3.05) is 0 Å². The Balaban J connectivity index is 2.04. The lowest BCUT2D eigenvalue weighted by Crippen LogP contribution is -2.51. The molecule has 4 unspecified atom stereocenters. The van der Waals surface area contributed by atoms with Crippen molar-refractivity contribution in [3.05, 3.63) is 0 Å². The van der Waals surface area contributed by atoms with Gasteiger partial charge in [0.1, 0.15) is 0 Å². The average Bonchev–Trinajstić information content (AvgIpc) is 2.20. The predicted molar refractivity (Wildman–Crippen MR) is 33.9 cm³/mol. The fraction of sp³-hybridized carbons (Fsp3) is 1.00. The lowest BCUT2D eigenvalue weighted by atomic mass is 9.60. The van der Waals surface area contributed by atoms with Gasteiger partial charge < -0.3 is 5.11 Å². The van der Waals surface area contributed by atoms with E-state index >= 15 is 0 Å². The molecule has 0 heterocycles. The molecule has 0 aliphatic heterocycles. The number of aliphatic hydroxyl groups is 1. The van der Waals surface area contributed by atoms with Crippen LogP contribution in [0.15, 0.2) is 0 Å². The van der Waals surface area contributed by atoms with Gasteiger partial charge in [-0.3, -0.25) is 0 Å². The Bertz CT molecular complexity index is 164. The van der Waals surface area contributed by atoms with E-state index < -0.39 is 0 Å². The molecule has 0 saturated heterocycles. The standard InChI is InChI=1S/C8H12O/c9-8-3-5-1-6(4-8)7(8)2-5/h5-7,9H,1-4H2. The lowest BCUT2D eigenvalue weighted by molar-refractivity contribution is -0.131. The van der Waals surface area contributed by atoms with E-state index in [4.69, 9.17) is 0 Å². The van der Waals surface area contributed by atoms with E-state index in [1.807, 2.05) is 0 Å². The van der Waals surface area contributed by atoms with Crippen LogP contribution < -0.4 is 0 Å². The van der Waals surface area contributed by atoms with Gasteiger partial charge in [-0.25, -0.2) is 0 Å². The van der Waals surface area contributed by atoms with Crippen molar-refractivity contribution in [1.29, 1.82) is 0 Å². The molecule has 3 aliphatic carbocycles. The first kappa shape index (κ1) is 4.73. The first-order chi connectivity index (χ1) is 4.28. The van der Waals surface area contributed by atoms with Gasteiger partial charge in [0.2, 0.25) is 0 Å². The van der Waals surface area contributed by atoms with Crippen molar-refractivity contribution >= 4 is 0 Å². The van der Waals surface area contributed by atoms with Crippen molar-refractivity contribution in [3.8, 4) is 0 Å². The maximum absolute atomic E-state index is 9.75. The molecular weight excluding hydrogens is 112 g/mol. The minimum Gasteiger partial charge on any atom is -0.390 e. The minimum absolute atomic E-state index is 0.145. The highest BCUT2D eigenvalue weighted by Gasteiger charge is 2.63. The van der Waals surface area contributed by atoms with Gasteiger partial charge in [0.15, 0.2) is 0 Å². The molecule has 3 saturated carbocycles. The summed E-state index contributed by atoms with van der Waals surface area (Å²) >= 11 is 0. The summed E-state index contributed by atoms with van der Waals surface area (Å²) in [6.07, 6.45) is 5.05. The fourth-order valence-corrected chi connectivity index (χ4v) is 3.47. The first-order valence-electron chi connectivity index (χ1n) is 4.00.